The molecule has 0 bridgehead atoms. The fraction of sp³-hybridized carbons (Fsp3) is 0.947. The molecule has 0 heterocycles. The second-order valence-electron chi connectivity index (χ2n) is 12.8. The van der Waals surface area contributed by atoms with Crippen LogP contribution in [0.25, 0.3) is 0 Å². The van der Waals surface area contributed by atoms with E-state index in [2.05, 4.69) is 19.2 Å². The zero-order chi connectivity index (χ0) is 31.2. The number of primary amides is 1. The van der Waals surface area contributed by atoms with Gasteiger partial charge in [0.05, 0.1) is 0 Å². The molecule has 42 heavy (non-hydrogen) atoms. The average Bonchev–Trinajstić information content (AvgIpc) is 2.97. The van der Waals surface area contributed by atoms with Crippen LogP contribution in [0.1, 0.15) is 226 Å². The number of unbranched alkanes of at least 4 members (excludes halogenated alkanes) is 28. The van der Waals surface area contributed by atoms with E-state index in [4.69, 9.17) is 5.73 Å². The van der Waals surface area contributed by atoms with E-state index in [0.29, 0.717) is 12.8 Å². The predicted molar refractivity (Wildman–Crippen MR) is 187 cm³/mol. The maximum atomic E-state index is 11.3. The molecule has 0 saturated carbocycles. The van der Waals surface area contributed by atoms with Crippen LogP contribution >= 0.6 is 0 Å². The second-order valence-corrected chi connectivity index (χ2v) is 12.8. The first kappa shape index (κ1) is 43.1. The van der Waals surface area contributed by atoms with Gasteiger partial charge in [-0.25, -0.2) is 0 Å². The van der Waals surface area contributed by atoms with E-state index in [1.165, 1.54) is 180 Å². The van der Waals surface area contributed by atoms with E-state index < -0.39 is 0 Å². The van der Waals surface area contributed by atoms with Crippen molar-refractivity contribution in [3.05, 3.63) is 0 Å². The first-order valence-corrected chi connectivity index (χ1v) is 19.1. The molecule has 0 aromatic rings. The van der Waals surface area contributed by atoms with E-state index in [-0.39, 0.29) is 11.8 Å². The predicted octanol–water partition coefficient (Wildman–Crippen LogP) is 12.1. The van der Waals surface area contributed by atoms with Crippen LogP contribution in [0.4, 0.5) is 0 Å². The zero-order valence-corrected chi connectivity index (χ0v) is 29.2. The van der Waals surface area contributed by atoms with Gasteiger partial charge in [0.15, 0.2) is 0 Å². The highest BCUT2D eigenvalue weighted by Gasteiger charge is 1.99. The van der Waals surface area contributed by atoms with Gasteiger partial charge in [0.2, 0.25) is 11.8 Å². The van der Waals surface area contributed by atoms with Crippen LogP contribution in [0.5, 0.6) is 0 Å². The quantitative estimate of drug-likeness (QED) is 0.0742. The molecular weight excluding hydrogens is 516 g/mol. The van der Waals surface area contributed by atoms with Gasteiger partial charge in [0.1, 0.15) is 0 Å². The third-order valence-corrected chi connectivity index (χ3v) is 8.41. The van der Waals surface area contributed by atoms with E-state index in [0.717, 1.165) is 19.4 Å². The highest BCUT2D eigenvalue weighted by Crippen LogP contribution is 2.15. The Kier molecular flexibility index (Phi) is 41.0. The van der Waals surface area contributed by atoms with Crippen LogP contribution in [0.15, 0.2) is 0 Å². The molecule has 2 amide bonds. The van der Waals surface area contributed by atoms with Crippen LogP contribution in [0.3, 0.4) is 0 Å². The lowest BCUT2D eigenvalue weighted by molar-refractivity contribution is -0.121. The van der Waals surface area contributed by atoms with Gasteiger partial charge in [0.25, 0.3) is 0 Å². The SMILES string of the molecule is CCCCCCCCCCCCCCCCCC(=O)NCC.CCCCCCCCCCCCCCCCCC(N)=O. The molecule has 0 aliphatic rings. The Bertz CT molecular complexity index is 523. The number of hydrogen-bond acceptors (Lipinski definition) is 2. The average molecular weight is 595 g/mol. The summed E-state index contributed by atoms with van der Waals surface area (Å²) in [5.74, 6) is 0.0666. The molecule has 0 saturated heterocycles. The first-order chi connectivity index (χ1) is 20.6. The third kappa shape index (κ3) is 43.4. The molecule has 0 aliphatic carbocycles. The van der Waals surface area contributed by atoms with Crippen molar-refractivity contribution in [1.82, 2.24) is 5.32 Å². The van der Waals surface area contributed by atoms with E-state index in [1.807, 2.05) is 6.92 Å². The summed E-state index contributed by atoms with van der Waals surface area (Å²) in [7, 11) is 0. The Morgan fingerprint density at radius 2 is 0.619 bits per heavy atom. The summed E-state index contributed by atoms with van der Waals surface area (Å²) >= 11 is 0. The monoisotopic (exact) mass is 595 g/mol. The lowest BCUT2D eigenvalue weighted by Gasteiger charge is -2.04. The normalized spacial score (nSPS) is 10.8. The molecule has 0 spiro atoms. The summed E-state index contributed by atoms with van der Waals surface area (Å²) in [6, 6.07) is 0. The molecule has 0 atom stereocenters. The van der Waals surface area contributed by atoms with E-state index >= 15 is 0 Å². The summed E-state index contributed by atoms with van der Waals surface area (Å²) in [6.45, 7) is 7.29. The molecule has 4 heteroatoms. The number of nitrogens with two attached hydrogens (primary N) is 1. The van der Waals surface area contributed by atoms with Crippen molar-refractivity contribution in [2.75, 3.05) is 6.54 Å². The summed E-state index contributed by atoms with van der Waals surface area (Å²) in [6.07, 6.45) is 42.2. The minimum atomic E-state index is -0.153. The van der Waals surface area contributed by atoms with Crippen molar-refractivity contribution in [3.63, 3.8) is 0 Å². The molecule has 0 aliphatic heterocycles. The highest BCUT2D eigenvalue weighted by molar-refractivity contribution is 5.75. The Labute approximate surface area is 264 Å². The Balaban J connectivity index is 0. The standard InChI is InChI=1S/C20H41NO.C18H37NO/c1-3-5-6-7-8-9-10-11-12-13-14-15-16-17-18-19-20(22)21-4-2;1-2-3-4-5-6-7-8-9-10-11-12-13-14-15-16-17-18(19)20/h3-19H2,1-2H3,(H,21,22);2-17H2,1H3,(H2,19,20). The lowest BCUT2D eigenvalue weighted by Crippen LogP contribution is -2.21. The molecule has 0 rings (SSSR count). The van der Waals surface area contributed by atoms with Crippen LogP contribution in [0, 0.1) is 0 Å². The molecule has 0 radical (unpaired) electrons. The van der Waals surface area contributed by atoms with Crippen LogP contribution < -0.4 is 11.1 Å². The largest absolute Gasteiger partial charge is 0.370 e. The van der Waals surface area contributed by atoms with Crippen molar-refractivity contribution in [3.8, 4) is 0 Å². The molecule has 0 unspecified atom stereocenters. The molecular formula is C38H78N2O2. The number of rotatable bonds is 33. The number of nitrogens with one attached hydrogen (secondary N) is 1. The van der Waals surface area contributed by atoms with Crippen molar-refractivity contribution >= 4 is 11.8 Å². The number of carbonyl (C=O) groups is 2. The summed E-state index contributed by atoms with van der Waals surface area (Å²) < 4.78 is 0. The van der Waals surface area contributed by atoms with Crippen molar-refractivity contribution in [2.24, 2.45) is 5.73 Å². The molecule has 4 nitrogen and oxygen atoms in total. The molecule has 252 valence electrons. The zero-order valence-electron chi connectivity index (χ0n) is 29.2. The Morgan fingerprint density at radius 1 is 0.381 bits per heavy atom. The van der Waals surface area contributed by atoms with E-state index in [9.17, 15) is 9.59 Å². The van der Waals surface area contributed by atoms with Crippen molar-refractivity contribution in [2.45, 2.75) is 226 Å². The van der Waals surface area contributed by atoms with Gasteiger partial charge in [-0.15, -0.1) is 0 Å². The summed E-state index contributed by atoms with van der Waals surface area (Å²) in [4.78, 5) is 21.8. The molecule has 0 aromatic heterocycles. The fourth-order valence-electron chi connectivity index (χ4n) is 5.61. The summed E-state index contributed by atoms with van der Waals surface area (Å²) in [5.41, 5.74) is 5.11. The van der Waals surface area contributed by atoms with Crippen molar-refractivity contribution < 1.29 is 9.59 Å². The smallest absolute Gasteiger partial charge is 0.219 e. The Hall–Kier alpha value is -1.06. The maximum Gasteiger partial charge on any atom is 0.219 e. The van der Waals surface area contributed by atoms with E-state index in [1.54, 1.807) is 0 Å². The third-order valence-electron chi connectivity index (χ3n) is 8.41. The van der Waals surface area contributed by atoms with Crippen molar-refractivity contribution in [1.29, 1.82) is 0 Å². The molecule has 3 N–H and O–H groups in total. The van der Waals surface area contributed by atoms with Crippen LogP contribution in [-0.4, -0.2) is 18.4 Å². The Morgan fingerprint density at radius 3 is 0.857 bits per heavy atom. The maximum absolute atomic E-state index is 11.3. The van der Waals surface area contributed by atoms with Gasteiger partial charge < -0.3 is 11.1 Å². The topological polar surface area (TPSA) is 72.2 Å². The number of hydrogen-bond donors (Lipinski definition) is 2. The molecule has 0 aromatic carbocycles. The number of carbonyl (C=O) groups excluding carboxylic acids is 2. The number of amides is 2. The fourth-order valence-corrected chi connectivity index (χ4v) is 5.61. The first-order valence-electron chi connectivity index (χ1n) is 19.1. The van der Waals surface area contributed by atoms with Gasteiger partial charge >= 0.3 is 0 Å². The minimum absolute atomic E-state index is 0.153. The van der Waals surface area contributed by atoms with Gasteiger partial charge in [-0.2, -0.15) is 0 Å². The minimum Gasteiger partial charge on any atom is -0.370 e. The van der Waals surface area contributed by atoms with Gasteiger partial charge in [-0.1, -0.05) is 194 Å². The van der Waals surface area contributed by atoms with Gasteiger partial charge in [-0.3, -0.25) is 9.59 Å². The van der Waals surface area contributed by atoms with Crippen LogP contribution in [0.2, 0.25) is 0 Å². The lowest BCUT2D eigenvalue weighted by atomic mass is 10.0. The van der Waals surface area contributed by atoms with Gasteiger partial charge in [-0.05, 0) is 19.8 Å². The van der Waals surface area contributed by atoms with Gasteiger partial charge in [0, 0.05) is 19.4 Å². The molecule has 0 fully saturated rings. The summed E-state index contributed by atoms with van der Waals surface area (Å²) in [5, 5.41) is 2.86. The second kappa shape index (κ2) is 39.9. The van der Waals surface area contributed by atoms with Crippen LogP contribution in [-0.2, 0) is 9.59 Å². The highest BCUT2D eigenvalue weighted by atomic mass is 16.1.